The summed E-state index contributed by atoms with van der Waals surface area (Å²) < 4.78 is 5.08. The largest absolute Gasteiger partial charge is 0.497 e. The van der Waals surface area contributed by atoms with Gasteiger partial charge in [-0.25, -0.2) is 0 Å². The SMILES string of the molecule is COc1ccc(SC(C)C(=O)Nc2ccccc2[N+](=O)[O-])cc1. The molecule has 2 rings (SSSR count). The zero-order chi connectivity index (χ0) is 16.8. The molecule has 7 heteroatoms. The number of nitro benzene ring substituents is 1. The van der Waals surface area contributed by atoms with Gasteiger partial charge < -0.3 is 10.1 Å². The summed E-state index contributed by atoms with van der Waals surface area (Å²) in [5.74, 6) is 0.450. The molecule has 0 radical (unpaired) electrons. The average Bonchev–Trinajstić information content (AvgIpc) is 2.55. The Hall–Kier alpha value is -2.54. The Kier molecular flexibility index (Phi) is 5.59. The van der Waals surface area contributed by atoms with E-state index in [1.165, 1.54) is 23.9 Å². The topological polar surface area (TPSA) is 81.5 Å². The highest BCUT2D eigenvalue weighted by molar-refractivity contribution is 8.00. The summed E-state index contributed by atoms with van der Waals surface area (Å²) in [4.78, 5) is 23.6. The fourth-order valence-electron chi connectivity index (χ4n) is 1.88. The van der Waals surface area contributed by atoms with Crippen LogP contribution in [-0.2, 0) is 4.79 Å². The number of ether oxygens (including phenoxy) is 1. The van der Waals surface area contributed by atoms with Crippen LogP contribution >= 0.6 is 11.8 Å². The van der Waals surface area contributed by atoms with E-state index >= 15 is 0 Å². The molecule has 6 nitrogen and oxygen atoms in total. The van der Waals surface area contributed by atoms with Crippen molar-refractivity contribution in [3.05, 3.63) is 58.6 Å². The van der Waals surface area contributed by atoms with E-state index in [-0.39, 0.29) is 17.3 Å². The lowest BCUT2D eigenvalue weighted by atomic mass is 10.2. The zero-order valence-electron chi connectivity index (χ0n) is 12.7. The van der Waals surface area contributed by atoms with Crippen molar-refractivity contribution in [1.82, 2.24) is 0 Å². The van der Waals surface area contributed by atoms with E-state index < -0.39 is 10.2 Å². The smallest absolute Gasteiger partial charge is 0.292 e. The first kappa shape index (κ1) is 16.8. The minimum absolute atomic E-state index is 0.123. The summed E-state index contributed by atoms with van der Waals surface area (Å²) in [5, 5.41) is 13.2. The van der Waals surface area contributed by atoms with Gasteiger partial charge in [0, 0.05) is 11.0 Å². The second-order valence-corrected chi connectivity index (χ2v) is 6.11. The molecule has 0 bridgehead atoms. The summed E-state index contributed by atoms with van der Waals surface area (Å²) in [6.45, 7) is 1.75. The molecule has 0 saturated heterocycles. The number of nitro groups is 1. The van der Waals surface area contributed by atoms with Crippen molar-refractivity contribution >= 4 is 29.0 Å². The maximum atomic E-state index is 12.2. The van der Waals surface area contributed by atoms with Crippen molar-refractivity contribution < 1.29 is 14.5 Å². The molecule has 1 atom stereocenters. The van der Waals surface area contributed by atoms with Crippen LogP contribution in [-0.4, -0.2) is 23.2 Å². The van der Waals surface area contributed by atoms with Crippen LogP contribution in [0.25, 0.3) is 0 Å². The molecule has 23 heavy (non-hydrogen) atoms. The Bertz CT molecular complexity index is 703. The van der Waals surface area contributed by atoms with E-state index in [1.807, 2.05) is 24.3 Å². The maximum Gasteiger partial charge on any atom is 0.292 e. The van der Waals surface area contributed by atoms with E-state index in [0.29, 0.717) is 0 Å². The number of rotatable bonds is 6. The van der Waals surface area contributed by atoms with Crippen LogP contribution in [0.4, 0.5) is 11.4 Å². The number of thioether (sulfide) groups is 1. The number of benzene rings is 2. The number of methoxy groups -OCH3 is 1. The Labute approximate surface area is 138 Å². The summed E-state index contributed by atoms with van der Waals surface area (Å²) in [5.41, 5.74) is 0.0761. The van der Waals surface area contributed by atoms with E-state index in [9.17, 15) is 14.9 Å². The lowest BCUT2D eigenvalue weighted by Gasteiger charge is -2.12. The fraction of sp³-hybridized carbons (Fsp3) is 0.188. The molecule has 0 aromatic heterocycles. The summed E-state index contributed by atoms with van der Waals surface area (Å²) in [6, 6.07) is 13.4. The van der Waals surface area contributed by atoms with Gasteiger partial charge in [-0.3, -0.25) is 14.9 Å². The van der Waals surface area contributed by atoms with Crippen molar-refractivity contribution in [2.45, 2.75) is 17.1 Å². The molecule has 1 unspecified atom stereocenters. The van der Waals surface area contributed by atoms with Crippen LogP contribution in [0.1, 0.15) is 6.92 Å². The number of carbonyl (C=O) groups is 1. The molecule has 120 valence electrons. The summed E-state index contributed by atoms with van der Waals surface area (Å²) >= 11 is 1.37. The normalized spacial score (nSPS) is 11.6. The number of hydrogen-bond acceptors (Lipinski definition) is 5. The second-order valence-electron chi connectivity index (χ2n) is 4.70. The second kappa shape index (κ2) is 7.64. The van der Waals surface area contributed by atoms with Crippen LogP contribution in [0, 0.1) is 10.1 Å². The van der Waals surface area contributed by atoms with Gasteiger partial charge in [-0.1, -0.05) is 12.1 Å². The third kappa shape index (κ3) is 4.46. The van der Waals surface area contributed by atoms with Crippen LogP contribution in [0.2, 0.25) is 0 Å². The Balaban J connectivity index is 2.04. The lowest BCUT2D eigenvalue weighted by molar-refractivity contribution is -0.383. The van der Waals surface area contributed by atoms with Gasteiger partial charge in [0.05, 0.1) is 17.3 Å². The van der Waals surface area contributed by atoms with E-state index in [1.54, 1.807) is 26.2 Å². The van der Waals surface area contributed by atoms with Crippen molar-refractivity contribution in [3.63, 3.8) is 0 Å². The van der Waals surface area contributed by atoms with Crippen LogP contribution in [0.5, 0.6) is 5.75 Å². The maximum absolute atomic E-state index is 12.2. The van der Waals surface area contributed by atoms with Crippen molar-refractivity contribution in [1.29, 1.82) is 0 Å². The minimum atomic E-state index is -0.517. The predicted molar refractivity (Wildman–Crippen MR) is 90.0 cm³/mol. The van der Waals surface area contributed by atoms with Gasteiger partial charge in [-0.05, 0) is 37.3 Å². The molecule has 0 heterocycles. The molecule has 0 saturated carbocycles. The van der Waals surface area contributed by atoms with Crippen LogP contribution < -0.4 is 10.1 Å². The zero-order valence-corrected chi connectivity index (χ0v) is 13.5. The van der Waals surface area contributed by atoms with Crippen LogP contribution in [0.15, 0.2) is 53.4 Å². The lowest BCUT2D eigenvalue weighted by Crippen LogP contribution is -2.22. The Morgan fingerprint density at radius 2 is 1.87 bits per heavy atom. The highest BCUT2D eigenvalue weighted by Gasteiger charge is 2.19. The van der Waals surface area contributed by atoms with E-state index in [0.717, 1.165) is 10.6 Å². The fourth-order valence-corrected chi connectivity index (χ4v) is 2.75. The van der Waals surface area contributed by atoms with Crippen molar-refractivity contribution in [3.8, 4) is 5.75 Å². The minimum Gasteiger partial charge on any atom is -0.497 e. The Morgan fingerprint density at radius 1 is 1.22 bits per heavy atom. The first-order chi connectivity index (χ1) is 11.0. The number of amides is 1. The highest BCUT2D eigenvalue weighted by atomic mass is 32.2. The van der Waals surface area contributed by atoms with Crippen molar-refractivity contribution in [2.24, 2.45) is 0 Å². The average molecular weight is 332 g/mol. The third-order valence-corrected chi connectivity index (χ3v) is 4.21. The van der Waals surface area contributed by atoms with Crippen molar-refractivity contribution in [2.75, 3.05) is 12.4 Å². The molecule has 0 aliphatic rings. The van der Waals surface area contributed by atoms with Gasteiger partial charge in [0.15, 0.2) is 0 Å². The quantitative estimate of drug-likeness (QED) is 0.495. The summed E-state index contributed by atoms with van der Waals surface area (Å²) in [7, 11) is 1.59. The number of nitrogens with zero attached hydrogens (tertiary/aromatic N) is 1. The van der Waals surface area contributed by atoms with Gasteiger partial charge in [-0.15, -0.1) is 11.8 Å². The first-order valence-electron chi connectivity index (χ1n) is 6.86. The first-order valence-corrected chi connectivity index (χ1v) is 7.74. The third-order valence-electron chi connectivity index (χ3n) is 3.10. The van der Waals surface area contributed by atoms with Gasteiger partial charge in [0.2, 0.25) is 5.91 Å². The number of nitrogens with one attached hydrogen (secondary N) is 1. The van der Waals surface area contributed by atoms with Gasteiger partial charge in [0.1, 0.15) is 11.4 Å². The highest BCUT2D eigenvalue weighted by Crippen LogP contribution is 2.28. The molecular formula is C16H16N2O4S. The molecule has 0 spiro atoms. The molecule has 2 aromatic rings. The monoisotopic (exact) mass is 332 g/mol. The molecular weight excluding hydrogens is 316 g/mol. The molecule has 0 aliphatic heterocycles. The van der Waals surface area contributed by atoms with Crippen LogP contribution in [0.3, 0.4) is 0 Å². The molecule has 0 fully saturated rings. The van der Waals surface area contributed by atoms with Gasteiger partial charge in [0.25, 0.3) is 5.69 Å². The standard InChI is InChI=1S/C16H16N2O4S/c1-11(23-13-9-7-12(22-2)8-10-13)16(19)17-14-5-3-4-6-15(14)18(20)21/h3-11H,1-2H3,(H,17,19). The van der Waals surface area contributed by atoms with Gasteiger partial charge >= 0.3 is 0 Å². The molecule has 1 N–H and O–H groups in total. The number of anilines is 1. The molecule has 1 amide bonds. The number of carbonyl (C=O) groups excluding carboxylic acids is 1. The summed E-state index contributed by atoms with van der Waals surface area (Å²) in [6.07, 6.45) is 0. The number of para-hydroxylation sites is 2. The van der Waals surface area contributed by atoms with Gasteiger partial charge in [-0.2, -0.15) is 0 Å². The molecule has 2 aromatic carbocycles. The predicted octanol–water partition coefficient (Wildman–Crippen LogP) is 3.72. The Morgan fingerprint density at radius 3 is 2.48 bits per heavy atom. The number of hydrogen-bond donors (Lipinski definition) is 1. The molecule has 0 aliphatic carbocycles. The van der Waals surface area contributed by atoms with E-state index in [4.69, 9.17) is 4.74 Å². The van der Waals surface area contributed by atoms with E-state index in [2.05, 4.69) is 5.32 Å².